The summed E-state index contributed by atoms with van der Waals surface area (Å²) < 4.78 is 5.32. The number of amides is 2. The molecule has 0 saturated heterocycles. The molecular formula is C18H34N4O7. The van der Waals surface area contributed by atoms with Gasteiger partial charge in [0.2, 0.25) is 11.8 Å². The first-order valence-electron chi connectivity index (χ1n) is 9.73. The van der Waals surface area contributed by atoms with Gasteiger partial charge in [-0.25, -0.2) is 0 Å². The Balaban J connectivity index is 4.65. The summed E-state index contributed by atoms with van der Waals surface area (Å²) in [7, 11) is 3.38. The van der Waals surface area contributed by atoms with Crippen molar-refractivity contribution < 1.29 is 34.1 Å². The van der Waals surface area contributed by atoms with Gasteiger partial charge in [0.1, 0.15) is 6.04 Å². The molecule has 11 nitrogen and oxygen atoms in total. The van der Waals surface area contributed by atoms with Gasteiger partial charge in [0.05, 0.1) is 19.3 Å². The number of carbonyl (C=O) groups excluding carboxylic acids is 2. The normalized spacial score (nSPS) is 12.8. The Morgan fingerprint density at radius 3 is 1.90 bits per heavy atom. The summed E-state index contributed by atoms with van der Waals surface area (Å²) >= 11 is 0. The molecule has 0 saturated carbocycles. The van der Waals surface area contributed by atoms with Crippen LogP contribution in [-0.4, -0.2) is 86.4 Å². The second-order valence-electron chi connectivity index (χ2n) is 6.48. The number of nitrogens with one attached hydrogen (secondary N) is 4. The first-order valence-corrected chi connectivity index (χ1v) is 9.73. The molecular weight excluding hydrogens is 384 g/mol. The largest absolute Gasteiger partial charge is 0.481 e. The molecule has 0 aliphatic heterocycles. The minimum Gasteiger partial charge on any atom is -0.481 e. The minimum atomic E-state index is -0.977. The number of carboxylic acids is 2. The number of likely N-dealkylation sites (N-methyl/N-ethyl adjacent to an activating group) is 2. The van der Waals surface area contributed by atoms with Crippen LogP contribution in [0.1, 0.15) is 38.5 Å². The number of hydrogen-bond donors (Lipinski definition) is 6. The van der Waals surface area contributed by atoms with Crippen molar-refractivity contribution in [2.24, 2.45) is 0 Å². The van der Waals surface area contributed by atoms with Crippen molar-refractivity contribution in [3.8, 4) is 0 Å². The lowest BCUT2D eigenvalue weighted by molar-refractivity contribution is -0.138. The van der Waals surface area contributed by atoms with Gasteiger partial charge in [0, 0.05) is 25.9 Å². The van der Waals surface area contributed by atoms with Gasteiger partial charge in [0.15, 0.2) is 0 Å². The Kier molecular flexibility index (Phi) is 15.4. The van der Waals surface area contributed by atoms with Crippen molar-refractivity contribution >= 4 is 23.8 Å². The number of rotatable bonds is 18. The smallest absolute Gasteiger partial charge is 0.303 e. The van der Waals surface area contributed by atoms with Crippen molar-refractivity contribution in [3.63, 3.8) is 0 Å². The van der Waals surface area contributed by atoms with Crippen LogP contribution in [0.25, 0.3) is 0 Å². The molecule has 0 rings (SSSR count). The first-order chi connectivity index (χ1) is 13.8. The van der Waals surface area contributed by atoms with Crippen LogP contribution in [0, 0.1) is 0 Å². The molecule has 0 aromatic carbocycles. The molecule has 0 aromatic rings. The first kappa shape index (κ1) is 26.8. The van der Waals surface area contributed by atoms with Gasteiger partial charge in [-0.15, -0.1) is 0 Å². The maximum absolute atomic E-state index is 12.5. The van der Waals surface area contributed by atoms with Gasteiger partial charge in [-0.2, -0.15) is 0 Å². The highest BCUT2D eigenvalue weighted by Gasteiger charge is 2.24. The molecule has 0 fully saturated rings. The Labute approximate surface area is 170 Å². The van der Waals surface area contributed by atoms with E-state index in [0.717, 1.165) is 0 Å². The maximum Gasteiger partial charge on any atom is 0.303 e. The summed E-state index contributed by atoms with van der Waals surface area (Å²) in [5, 5.41) is 28.6. The van der Waals surface area contributed by atoms with Crippen LogP contribution in [0.15, 0.2) is 0 Å². The molecule has 2 atom stereocenters. The van der Waals surface area contributed by atoms with Crippen molar-refractivity contribution in [1.29, 1.82) is 0 Å². The van der Waals surface area contributed by atoms with Crippen LogP contribution in [0.5, 0.6) is 0 Å². The number of carbonyl (C=O) groups is 4. The summed E-state index contributed by atoms with van der Waals surface area (Å²) in [6.45, 7) is 1.78. The van der Waals surface area contributed by atoms with Crippen molar-refractivity contribution in [1.82, 2.24) is 21.3 Å². The molecule has 168 valence electrons. The van der Waals surface area contributed by atoms with Gasteiger partial charge >= 0.3 is 11.9 Å². The zero-order valence-corrected chi connectivity index (χ0v) is 17.2. The Morgan fingerprint density at radius 1 is 0.828 bits per heavy atom. The Hall–Kier alpha value is -2.24. The van der Waals surface area contributed by atoms with Crippen molar-refractivity contribution in [2.45, 2.75) is 50.6 Å². The standard InChI is InChI=1S/C18H34N4O7/c1-19-9-11-29-12-10-21-17(27)14(6-4-8-16(25)26)22-18(28)13(20-2)5-3-7-15(23)24/h13-14,19-20H,3-12H2,1-2H3,(H,21,27)(H,22,28)(H,23,24)(H,25,26)/t13-,14-/m0/s1. The zero-order chi connectivity index (χ0) is 22.1. The molecule has 0 bridgehead atoms. The molecule has 0 aliphatic carbocycles. The summed E-state index contributed by atoms with van der Waals surface area (Å²) in [5.41, 5.74) is 0. The number of ether oxygens (including phenoxy) is 1. The fraction of sp³-hybridized carbons (Fsp3) is 0.778. The molecule has 29 heavy (non-hydrogen) atoms. The third-order valence-electron chi connectivity index (χ3n) is 4.11. The lowest BCUT2D eigenvalue weighted by Gasteiger charge is -2.22. The van der Waals surface area contributed by atoms with E-state index in [0.29, 0.717) is 32.6 Å². The average Bonchev–Trinajstić information content (AvgIpc) is 2.66. The van der Waals surface area contributed by atoms with Crippen LogP contribution in [0.4, 0.5) is 0 Å². The third kappa shape index (κ3) is 14.4. The van der Waals surface area contributed by atoms with E-state index >= 15 is 0 Å². The van der Waals surface area contributed by atoms with E-state index in [2.05, 4.69) is 21.3 Å². The van der Waals surface area contributed by atoms with E-state index in [1.807, 2.05) is 0 Å². The van der Waals surface area contributed by atoms with E-state index in [1.165, 1.54) is 0 Å². The topological polar surface area (TPSA) is 166 Å². The van der Waals surface area contributed by atoms with E-state index in [-0.39, 0.29) is 32.2 Å². The van der Waals surface area contributed by atoms with Crippen molar-refractivity contribution in [3.05, 3.63) is 0 Å². The Morgan fingerprint density at radius 2 is 1.38 bits per heavy atom. The highest BCUT2D eigenvalue weighted by Crippen LogP contribution is 2.05. The SMILES string of the molecule is CNCCOCCNC(=O)[C@H](CCCC(=O)O)NC(=O)[C@H](CCCC(=O)O)NC. The lowest BCUT2D eigenvalue weighted by atomic mass is 10.1. The van der Waals surface area contributed by atoms with Gasteiger partial charge in [-0.1, -0.05) is 0 Å². The molecule has 0 heterocycles. The summed E-state index contributed by atoms with van der Waals surface area (Å²) in [6.07, 6.45) is 0.861. The average molecular weight is 418 g/mol. The molecule has 11 heteroatoms. The minimum absolute atomic E-state index is 0.0540. The predicted octanol–water partition coefficient (Wildman–Crippen LogP) is -1.08. The van der Waals surface area contributed by atoms with Gasteiger partial charge < -0.3 is 36.2 Å². The highest BCUT2D eigenvalue weighted by atomic mass is 16.5. The second-order valence-corrected chi connectivity index (χ2v) is 6.48. The van der Waals surface area contributed by atoms with Crippen LogP contribution < -0.4 is 21.3 Å². The van der Waals surface area contributed by atoms with Gasteiger partial charge in [-0.3, -0.25) is 19.2 Å². The van der Waals surface area contributed by atoms with Crippen LogP contribution in [-0.2, 0) is 23.9 Å². The van der Waals surface area contributed by atoms with Crippen LogP contribution in [0.2, 0.25) is 0 Å². The molecule has 0 aromatic heterocycles. The van der Waals surface area contributed by atoms with Crippen LogP contribution in [0.3, 0.4) is 0 Å². The number of carboxylic acid groups (broad SMARTS) is 2. The van der Waals surface area contributed by atoms with E-state index in [4.69, 9.17) is 14.9 Å². The molecule has 0 unspecified atom stereocenters. The zero-order valence-electron chi connectivity index (χ0n) is 17.2. The fourth-order valence-electron chi connectivity index (χ4n) is 2.51. The van der Waals surface area contributed by atoms with E-state index < -0.39 is 35.8 Å². The predicted molar refractivity (Wildman–Crippen MR) is 106 cm³/mol. The lowest BCUT2D eigenvalue weighted by Crippen LogP contribution is -2.52. The molecule has 6 N–H and O–H groups in total. The van der Waals surface area contributed by atoms with Gasteiger partial charge in [-0.05, 0) is 39.8 Å². The number of hydrogen-bond acceptors (Lipinski definition) is 7. The Bertz CT molecular complexity index is 516. The third-order valence-corrected chi connectivity index (χ3v) is 4.11. The summed E-state index contributed by atoms with van der Waals surface area (Å²) in [4.78, 5) is 46.2. The molecule has 2 amide bonds. The van der Waals surface area contributed by atoms with Crippen molar-refractivity contribution in [2.75, 3.05) is 40.4 Å². The quantitative estimate of drug-likeness (QED) is 0.152. The number of aliphatic carboxylic acids is 2. The molecule has 0 radical (unpaired) electrons. The van der Waals surface area contributed by atoms with E-state index in [1.54, 1.807) is 14.1 Å². The molecule has 0 spiro atoms. The highest BCUT2D eigenvalue weighted by molar-refractivity contribution is 5.89. The molecule has 0 aliphatic rings. The summed E-state index contributed by atoms with van der Waals surface area (Å²) in [6, 6.07) is -1.52. The monoisotopic (exact) mass is 418 g/mol. The van der Waals surface area contributed by atoms with E-state index in [9.17, 15) is 19.2 Å². The summed E-state index contributed by atoms with van der Waals surface area (Å²) in [5.74, 6) is -2.77. The second kappa shape index (κ2) is 16.7. The fourth-order valence-corrected chi connectivity index (χ4v) is 2.51. The maximum atomic E-state index is 12.5. The van der Waals surface area contributed by atoms with Crippen LogP contribution >= 0.6 is 0 Å². The van der Waals surface area contributed by atoms with Gasteiger partial charge in [0.25, 0.3) is 0 Å².